The van der Waals surface area contributed by atoms with Crippen LogP contribution in [-0.4, -0.2) is 58.3 Å². The number of hydrogen-bond donors (Lipinski definition) is 4. The highest BCUT2D eigenvalue weighted by molar-refractivity contribution is 6.40. The van der Waals surface area contributed by atoms with Gasteiger partial charge in [0.05, 0.1) is 0 Å². The van der Waals surface area contributed by atoms with Crippen LogP contribution in [0.1, 0.15) is 38.2 Å². The maximum Gasteiger partial charge on any atom is 0.451 e. The number of hydrogen-bond acceptors (Lipinski definition) is 5. The van der Waals surface area contributed by atoms with Gasteiger partial charge < -0.3 is 25.8 Å². The Kier molecular flexibility index (Phi) is 9.74. The van der Waals surface area contributed by atoms with Gasteiger partial charge in [-0.25, -0.2) is 0 Å². The first-order valence-corrected chi connectivity index (χ1v) is 9.02. The van der Waals surface area contributed by atoms with E-state index in [9.17, 15) is 9.90 Å². The molecule has 1 aromatic carbocycles. The van der Waals surface area contributed by atoms with Crippen molar-refractivity contribution in [2.75, 3.05) is 19.6 Å². The molecule has 6 nitrogen and oxygen atoms in total. The Balaban J connectivity index is 2.45. The lowest BCUT2D eigenvalue weighted by atomic mass is 9.81. The van der Waals surface area contributed by atoms with Gasteiger partial charge in [0.1, 0.15) is 5.54 Å². The normalized spacial score (nSPS) is 13.6. The molecule has 1 atom stereocenters. The number of aliphatic carboxylic acids is 1. The molecule has 0 saturated heterocycles. The summed E-state index contributed by atoms with van der Waals surface area (Å²) < 4.78 is 0. The number of nitrogens with two attached hydrogens (primary N) is 1. The van der Waals surface area contributed by atoms with Crippen LogP contribution >= 0.6 is 0 Å². The van der Waals surface area contributed by atoms with E-state index < -0.39 is 18.6 Å². The lowest BCUT2D eigenvalue weighted by Crippen LogP contribution is -2.50. The van der Waals surface area contributed by atoms with Crippen LogP contribution in [-0.2, 0) is 11.2 Å². The lowest BCUT2D eigenvalue weighted by Gasteiger charge is -2.29. The van der Waals surface area contributed by atoms with E-state index in [2.05, 4.69) is 24.0 Å². The van der Waals surface area contributed by atoms with Crippen molar-refractivity contribution in [2.45, 2.75) is 50.9 Å². The lowest BCUT2D eigenvalue weighted by molar-refractivity contribution is -0.144. The van der Waals surface area contributed by atoms with E-state index in [1.165, 1.54) is 5.56 Å². The van der Waals surface area contributed by atoms with Gasteiger partial charge in [-0.2, -0.15) is 0 Å². The predicted molar refractivity (Wildman–Crippen MR) is 100 cm³/mol. The molecule has 0 spiro atoms. The second kappa shape index (κ2) is 11.3. The first-order chi connectivity index (χ1) is 11.9. The molecule has 1 aromatic rings. The minimum Gasteiger partial charge on any atom is -0.480 e. The zero-order valence-electron chi connectivity index (χ0n) is 15.1. The SMILES string of the molecule is CCN(CCc1ccccc1)CCC(N)(CCCCB(O)O)C(=O)O. The number of carbonyl (C=O) groups is 1. The third kappa shape index (κ3) is 8.49. The molecule has 7 heteroatoms. The van der Waals surface area contributed by atoms with Gasteiger partial charge in [-0.15, -0.1) is 0 Å². The van der Waals surface area contributed by atoms with Crippen molar-refractivity contribution in [1.82, 2.24) is 4.90 Å². The van der Waals surface area contributed by atoms with Gasteiger partial charge in [-0.05, 0) is 37.7 Å². The molecule has 0 aliphatic rings. The van der Waals surface area contributed by atoms with Gasteiger partial charge in [0.2, 0.25) is 0 Å². The quantitative estimate of drug-likeness (QED) is 0.316. The minimum absolute atomic E-state index is 0.244. The summed E-state index contributed by atoms with van der Waals surface area (Å²) in [6.45, 7) is 4.41. The van der Waals surface area contributed by atoms with Crippen molar-refractivity contribution in [2.24, 2.45) is 5.73 Å². The summed E-state index contributed by atoms with van der Waals surface area (Å²) in [5.41, 5.74) is 6.12. The molecular weight excluding hydrogens is 319 g/mol. The van der Waals surface area contributed by atoms with Crippen LogP contribution in [0.25, 0.3) is 0 Å². The highest BCUT2D eigenvalue weighted by Crippen LogP contribution is 2.18. The number of benzene rings is 1. The number of unbranched alkanes of at least 4 members (excludes halogenated alkanes) is 1. The van der Waals surface area contributed by atoms with Crippen LogP contribution in [0.3, 0.4) is 0 Å². The van der Waals surface area contributed by atoms with Gasteiger partial charge in [-0.1, -0.05) is 50.1 Å². The van der Waals surface area contributed by atoms with Crippen molar-refractivity contribution < 1.29 is 19.9 Å². The zero-order valence-corrected chi connectivity index (χ0v) is 15.1. The van der Waals surface area contributed by atoms with Gasteiger partial charge in [0, 0.05) is 13.1 Å². The Hall–Kier alpha value is -1.41. The third-order valence-corrected chi connectivity index (χ3v) is 4.64. The first kappa shape index (κ1) is 21.6. The molecule has 0 saturated carbocycles. The van der Waals surface area contributed by atoms with Crippen LogP contribution in [0.15, 0.2) is 30.3 Å². The molecule has 0 fully saturated rings. The summed E-state index contributed by atoms with van der Waals surface area (Å²) in [6, 6.07) is 10.2. The molecule has 0 amide bonds. The topological polar surface area (TPSA) is 107 Å². The predicted octanol–water partition coefficient (Wildman–Crippen LogP) is 1.37. The molecule has 5 N–H and O–H groups in total. The fourth-order valence-corrected chi connectivity index (χ4v) is 2.82. The maximum atomic E-state index is 11.6. The van der Waals surface area contributed by atoms with Crippen molar-refractivity contribution in [3.8, 4) is 0 Å². The summed E-state index contributed by atoms with van der Waals surface area (Å²) in [5, 5.41) is 27.2. The van der Waals surface area contributed by atoms with Crippen molar-refractivity contribution >= 4 is 13.1 Å². The van der Waals surface area contributed by atoms with Crippen LogP contribution in [0.2, 0.25) is 6.32 Å². The van der Waals surface area contributed by atoms with Gasteiger partial charge in [0.15, 0.2) is 0 Å². The molecule has 0 aliphatic carbocycles. The molecule has 25 heavy (non-hydrogen) atoms. The van der Waals surface area contributed by atoms with E-state index >= 15 is 0 Å². The molecule has 140 valence electrons. The average Bonchev–Trinajstić information content (AvgIpc) is 2.59. The number of carboxylic acids is 1. The molecule has 1 rings (SSSR count). The minimum atomic E-state index is -1.34. The highest BCUT2D eigenvalue weighted by Gasteiger charge is 2.33. The average molecular weight is 350 g/mol. The second-order valence-corrected chi connectivity index (χ2v) is 6.61. The summed E-state index contributed by atoms with van der Waals surface area (Å²) in [6.07, 6.45) is 3.01. The van der Waals surface area contributed by atoms with E-state index in [1.807, 2.05) is 18.2 Å². The molecule has 0 aliphatic heterocycles. The standard InChI is InChI=1S/C18H31BN2O4/c1-2-21(14-10-16-8-4-3-5-9-16)15-12-18(20,17(22)23)11-6-7-13-19(24)25/h3-5,8-9,24-25H,2,6-7,10-15,20H2,1H3,(H,22,23). The Morgan fingerprint density at radius 3 is 2.40 bits per heavy atom. The highest BCUT2D eigenvalue weighted by atomic mass is 16.4. The van der Waals surface area contributed by atoms with Crippen molar-refractivity contribution in [1.29, 1.82) is 0 Å². The van der Waals surface area contributed by atoms with Crippen molar-refractivity contribution in [3.05, 3.63) is 35.9 Å². The fourth-order valence-electron chi connectivity index (χ4n) is 2.82. The molecule has 0 heterocycles. The maximum absolute atomic E-state index is 11.6. The Morgan fingerprint density at radius 1 is 1.16 bits per heavy atom. The van der Waals surface area contributed by atoms with E-state index in [1.54, 1.807) is 0 Å². The third-order valence-electron chi connectivity index (χ3n) is 4.64. The monoisotopic (exact) mass is 350 g/mol. The largest absolute Gasteiger partial charge is 0.480 e. The fraction of sp³-hybridized carbons (Fsp3) is 0.611. The summed E-state index contributed by atoms with van der Waals surface area (Å²) in [4.78, 5) is 13.8. The summed E-state index contributed by atoms with van der Waals surface area (Å²) in [7, 11) is -1.34. The van der Waals surface area contributed by atoms with Crippen LogP contribution < -0.4 is 5.73 Å². The van der Waals surface area contributed by atoms with Crippen LogP contribution in [0.5, 0.6) is 0 Å². The zero-order chi connectivity index (χ0) is 18.7. The summed E-state index contributed by atoms with van der Waals surface area (Å²) >= 11 is 0. The van der Waals surface area contributed by atoms with E-state index in [0.717, 1.165) is 19.5 Å². The van der Waals surface area contributed by atoms with E-state index in [4.69, 9.17) is 15.8 Å². The van der Waals surface area contributed by atoms with Gasteiger partial charge >= 0.3 is 13.1 Å². The van der Waals surface area contributed by atoms with Crippen LogP contribution in [0, 0.1) is 0 Å². The van der Waals surface area contributed by atoms with Crippen molar-refractivity contribution in [3.63, 3.8) is 0 Å². The Labute approximate surface area is 150 Å². The van der Waals surface area contributed by atoms with E-state index in [0.29, 0.717) is 32.2 Å². The Bertz CT molecular complexity index is 501. The molecule has 0 radical (unpaired) electrons. The molecule has 0 bridgehead atoms. The van der Waals surface area contributed by atoms with E-state index in [-0.39, 0.29) is 6.32 Å². The second-order valence-electron chi connectivity index (χ2n) is 6.61. The smallest absolute Gasteiger partial charge is 0.451 e. The van der Waals surface area contributed by atoms with Crippen LogP contribution in [0.4, 0.5) is 0 Å². The molecule has 1 unspecified atom stereocenters. The number of rotatable bonds is 13. The Morgan fingerprint density at radius 2 is 1.84 bits per heavy atom. The summed E-state index contributed by atoms with van der Waals surface area (Å²) in [5.74, 6) is -0.990. The van der Waals surface area contributed by atoms with Gasteiger partial charge in [0.25, 0.3) is 0 Å². The molecular formula is C18H31BN2O4. The molecule has 0 aromatic heterocycles. The number of nitrogens with zero attached hydrogens (tertiary/aromatic N) is 1. The van der Waals surface area contributed by atoms with Gasteiger partial charge in [-0.3, -0.25) is 4.79 Å². The first-order valence-electron chi connectivity index (χ1n) is 9.02. The number of carboxylic acid groups (broad SMARTS) is 1. The number of likely N-dealkylation sites (N-methyl/N-ethyl adjacent to an activating group) is 1.